The minimum Gasteiger partial charge on any atom is -0.356 e. The van der Waals surface area contributed by atoms with E-state index in [1.54, 1.807) is 7.05 Å². The van der Waals surface area contributed by atoms with Crippen molar-refractivity contribution in [1.82, 2.24) is 19.9 Å². The molecule has 1 N–H and O–H groups in total. The Balaban J connectivity index is 1.60. The van der Waals surface area contributed by atoms with Gasteiger partial charge >= 0.3 is 0 Å². The molecule has 4 rings (SSSR count). The van der Waals surface area contributed by atoms with Crippen LogP contribution in [-0.4, -0.2) is 52.4 Å². The molecule has 1 amide bonds. The number of rotatable bonds is 3. The van der Waals surface area contributed by atoms with Crippen molar-refractivity contribution >= 4 is 33.5 Å². The van der Waals surface area contributed by atoms with E-state index in [-0.39, 0.29) is 18.4 Å². The zero-order valence-corrected chi connectivity index (χ0v) is 14.6. The van der Waals surface area contributed by atoms with Crippen LogP contribution in [0.2, 0.25) is 0 Å². The van der Waals surface area contributed by atoms with Crippen LogP contribution in [0.1, 0.15) is 12.8 Å². The van der Waals surface area contributed by atoms with Crippen molar-refractivity contribution in [3.8, 4) is 6.07 Å². The van der Waals surface area contributed by atoms with Gasteiger partial charge in [0.1, 0.15) is 18.0 Å². The fourth-order valence-electron chi connectivity index (χ4n) is 3.73. The zero-order valence-electron chi connectivity index (χ0n) is 14.6. The first-order chi connectivity index (χ1) is 12.7. The highest BCUT2D eigenvalue weighted by Crippen LogP contribution is 2.32. The number of carbonyl (C=O) groups excluding carboxylic acids is 1. The van der Waals surface area contributed by atoms with Gasteiger partial charge in [0.15, 0.2) is 0 Å². The van der Waals surface area contributed by atoms with E-state index >= 15 is 0 Å². The Bertz CT molecular complexity index is 996. The maximum atomic E-state index is 12.4. The highest BCUT2D eigenvalue weighted by molar-refractivity contribution is 6.10. The summed E-state index contributed by atoms with van der Waals surface area (Å²) >= 11 is 0. The lowest BCUT2D eigenvalue weighted by atomic mass is 9.95. The molecular weight excluding hydrogens is 328 g/mol. The summed E-state index contributed by atoms with van der Waals surface area (Å²) in [4.78, 5) is 28.4. The standard InChI is InChI=1S/C19H20N6O/c1-24(11-6-20)19(26)13-4-9-25(10-5-13)18-16-14(2-7-22-18)12-23-17-15(16)3-8-21-17/h2-3,7-8,12-13H,4-5,9-11H2,1H3,(H,21,23). The predicted octanol–water partition coefficient (Wildman–Crippen LogP) is 2.31. The zero-order chi connectivity index (χ0) is 18.1. The van der Waals surface area contributed by atoms with Crippen LogP contribution in [0.25, 0.3) is 21.8 Å². The Labute approximate surface area is 151 Å². The van der Waals surface area contributed by atoms with Gasteiger partial charge in [0.25, 0.3) is 0 Å². The Kier molecular flexibility index (Phi) is 4.17. The molecule has 0 bridgehead atoms. The molecule has 3 aromatic rings. The van der Waals surface area contributed by atoms with Crippen molar-refractivity contribution < 1.29 is 4.79 Å². The molecule has 0 radical (unpaired) electrons. The molecule has 0 unspecified atom stereocenters. The van der Waals surface area contributed by atoms with Crippen LogP contribution >= 0.6 is 0 Å². The molecule has 0 spiro atoms. The number of amides is 1. The van der Waals surface area contributed by atoms with E-state index in [4.69, 9.17) is 5.26 Å². The van der Waals surface area contributed by atoms with Gasteiger partial charge in [-0.1, -0.05) is 0 Å². The van der Waals surface area contributed by atoms with E-state index in [0.717, 1.165) is 53.6 Å². The number of piperidine rings is 1. The van der Waals surface area contributed by atoms with Crippen LogP contribution in [0.3, 0.4) is 0 Å². The molecule has 1 aliphatic heterocycles. The summed E-state index contributed by atoms with van der Waals surface area (Å²) in [6.07, 6.45) is 7.12. The number of fused-ring (bicyclic) bond motifs is 3. The third-order valence-electron chi connectivity index (χ3n) is 5.12. The Hall–Kier alpha value is -3.14. The predicted molar refractivity (Wildman–Crippen MR) is 99.6 cm³/mol. The Morgan fingerprint density at radius 1 is 1.38 bits per heavy atom. The highest BCUT2D eigenvalue weighted by Gasteiger charge is 2.28. The lowest BCUT2D eigenvalue weighted by molar-refractivity contribution is -0.134. The first kappa shape index (κ1) is 16.3. The molecule has 7 nitrogen and oxygen atoms in total. The van der Waals surface area contributed by atoms with E-state index in [0.29, 0.717) is 0 Å². The van der Waals surface area contributed by atoms with E-state index in [2.05, 4.69) is 19.9 Å². The number of anilines is 1. The third kappa shape index (κ3) is 2.73. The average Bonchev–Trinajstić information content (AvgIpc) is 3.16. The topological polar surface area (TPSA) is 88.9 Å². The normalized spacial score (nSPS) is 15.3. The minimum absolute atomic E-state index is 0.0199. The van der Waals surface area contributed by atoms with Crippen molar-refractivity contribution in [3.05, 3.63) is 30.7 Å². The lowest BCUT2D eigenvalue weighted by Crippen LogP contribution is -2.41. The number of aromatic nitrogens is 3. The summed E-state index contributed by atoms with van der Waals surface area (Å²) in [6.45, 7) is 1.69. The van der Waals surface area contributed by atoms with Gasteiger partial charge in [0, 0.05) is 60.8 Å². The highest BCUT2D eigenvalue weighted by atomic mass is 16.2. The van der Waals surface area contributed by atoms with Crippen molar-refractivity contribution in [2.45, 2.75) is 12.8 Å². The number of H-pyrrole nitrogens is 1. The van der Waals surface area contributed by atoms with Gasteiger partial charge in [0.2, 0.25) is 5.91 Å². The SMILES string of the molecule is CN(CC#N)C(=O)C1CCN(c2nccc3cnc4[nH]ccc4c23)CC1. The second kappa shape index (κ2) is 6.64. The molecule has 4 heterocycles. The number of aromatic amines is 1. The molecule has 0 atom stereocenters. The van der Waals surface area contributed by atoms with Crippen LogP contribution in [0, 0.1) is 17.2 Å². The average molecular weight is 348 g/mol. The van der Waals surface area contributed by atoms with Crippen molar-refractivity contribution in [1.29, 1.82) is 5.26 Å². The van der Waals surface area contributed by atoms with Crippen LogP contribution in [0.5, 0.6) is 0 Å². The third-order valence-corrected chi connectivity index (χ3v) is 5.12. The summed E-state index contributed by atoms with van der Waals surface area (Å²) in [5, 5.41) is 12.0. The van der Waals surface area contributed by atoms with Crippen molar-refractivity contribution in [3.63, 3.8) is 0 Å². The second-order valence-electron chi connectivity index (χ2n) is 6.71. The van der Waals surface area contributed by atoms with Gasteiger partial charge in [-0.2, -0.15) is 5.26 Å². The van der Waals surface area contributed by atoms with Crippen molar-refractivity contribution in [2.24, 2.45) is 5.92 Å². The summed E-state index contributed by atoms with van der Waals surface area (Å²) in [6, 6.07) is 6.04. The summed E-state index contributed by atoms with van der Waals surface area (Å²) < 4.78 is 0. The number of hydrogen-bond donors (Lipinski definition) is 1. The second-order valence-corrected chi connectivity index (χ2v) is 6.71. The molecule has 1 saturated heterocycles. The molecule has 1 aliphatic rings. The molecule has 26 heavy (non-hydrogen) atoms. The molecule has 7 heteroatoms. The Morgan fingerprint density at radius 3 is 2.96 bits per heavy atom. The van der Waals surface area contributed by atoms with E-state index in [9.17, 15) is 4.79 Å². The number of pyridine rings is 2. The molecule has 0 aromatic carbocycles. The fourth-order valence-corrected chi connectivity index (χ4v) is 3.73. The van der Waals surface area contributed by atoms with Crippen molar-refractivity contribution in [2.75, 3.05) is 31.6 Å². The van der Waals surface area contributed by atoms with E-state index in [1.807, 2.05) is 36.8 Å². The number of carbonyl (C=O) groups is 1. The summed E-state index contributed by atoms with van der Waals surface area (Å²) in [5.74, 6) is 0.994. The number of nitrogens with one attached hydrogen (secondary N) is 1. The lowest BCUT2D eigenvalue weighted by Gasteiger charge is -2.34. The fraction of sp³-hybridized carbons (Fsp3) is 0.368. The van der Waals surface area contributed by atoms with Crippen LogP contribution < -0.4 is 4.90 Å². The van der Waals surface area contributed by atoms with Gasteiger partial charge < -0.3 is 14.8 Å². The van der Waals surface area contributed by atoms with Crippen LogP contribution in [-0.2, 0) is 4.79 Å². The summed E-state index contributed by atoms with van der Waals surface area (Å²) in [7, 11) is 1.69. The number of hydrogen-bond acceptors (Lipinski definition) is 5. The smallest absolute Gasteiger partial charge is 0.226 e. The van der Waals surface area contributed by atoms with Gasteiger partial charge in [-0.05, 0) is 25.0 Å². The molecule has 3 aromatic heterocycles. The van der Waals surface area contributed by atoms with Crippen LogP contribution in [0.15, 0.2) is 30.7 Å². The van der Waals surface area contributed by atoms with Gasteiger partial charge in [-0.3, -0.25) is 4.79 Å². The molecule has 1 fully saturated rings. The molecule has 0 saturated carbocycles. The largest absolute Gasteiger partial charge is 0.356 e. The van der Waals surface area contributed by atoms with Crippen LogP contribution in [0.4, 0.5) is 5.82 Å². The molecule has 132 valence electrons. The monoisotopic (exact) mass is 348 g/mol. The molecular formula is C19H20N6O. The summed E-state index contributed by atoms with van der Waals surface area (Å²) in [5.41, 5.74) is 0.856. The minimum atomic E-state index is -0.0199. The first-order valence-corrected chi connectivity index (χ1v) is 8.76. The van der Waals surface area contributed by atoms with Gasteiger partial charge in [-0.25, -0.2) is 9.97 Å². The van der Waals surface area contributed by atoms with Gasteiger partial charge in [0.05, 0.1) is 6.07 Å². The number of nitrogens with zero attached hydrogens (tertiary/aromatic N) is 5. The van der Waals surface area contributed by atoms with Gasteiger partial charge in [-0.15, -0.1) is 0 Å². The molecule has 0 aliphatic carbocycles. The first-order valence-electron chi connectivity index (χ1n) is 8.76. The Morgan fingerprint density at radius 2 is 2.19 bits per heavy atom. The van der Waals surface area contributed by atoms with E-state index < -0.39 is 0 Å². The number of nitriles is 1. The quantitative estimate of drug-likeness (QED) is 0.734. The maximum absolute atomic E-state index is 12.4. The maximum Gasteiger partial charge on any atom is 0.226 e. The van der Waals surface area contributed by atoms with E-state index in [1.165, 1.54) is 4.90 Å².